The highest BCUT2D eigenvalue weighted by Crippen LogP contribution is 2.30. The van der Waals surface area contributed by atoms with E-state index in [1.807, 2.05) is 50.2 Å². The van der Waals surface area contributed by atoms with E-state index in [1.54, 1.807) is 4.68 Å². The number of tetrazole rings is 1. The van der Waals surface area contributed by atoms with Gasteiger partial charge in [0.2, 0.25) is 0 Å². The van der Waals surface area contributed by atoms with Gasteiger partial charge < -0.3 is 5.73 Å². The molecule has 0 saturated carbocycles. The normalized spacial score (nSPS) is 10.8. The van der Waals surface area contributed by atoms with Crippen LogP contribution in [0.4, 0.5) is 5.69 Å². The Kier molecular flexibility index (Phi) is 3.47. The maximum atomic E-state index is 6.04. The molecule has 3 aromatic rings. The van der Waals surface area contributed by atoms with Gasteiger partial charge in [-0.1, -0.05) is 34.1 Å². The van der Waals surface area contributed by atoms with Crippen molar-refractivity contribution in [3.63, 3.8) is 0 Å². The highest BCUT2D eigenvalue weighted by molar-refractivity contribution is 9.10. The van der Waals surface area contributed by atoms with Crippen LogP contribution in [-0.4, -0.2) is 20.2 Å². The smallest absolute Gasteiger partial charge is 0.187 e. The Bertz CT molecular complexity index is 810. The summed E-state index contributed by atoms with van der Waals surface area (Å²) in [6, 6.07) is 11.8. The van der Waals surface area contributed by atoms with Gasteiger partial charge in [-0.05, 0) is 53.6 Å². The van der Waals surface area contributed by atoms with Gasteiger partial charge >= 0.3 is 0 Å². The number of nitrogens with two attached hydrogens (primary N) is 1. The number of para-hydroxylation sites is 1. The minimum absolute atomic E-state index is 0.676. The van der Waals surface area contributed by atoms with Crippen LogP contribution in [0.2, 0.25) is 0 Å². The minimum atomic E-state index is 0.676. The van der Waals surface area contributed by atoms with E-state index in [4.69, 9.17) is 5.73 Å². The van der Waals surface area contributed by atoms with E-state index in [2.05, 4.69) is 31.5 Å². The predicted molar refractivity (Wildman–Crippen MR) is 86.2 cm³/mol. The van der Waals surface area contributed by atoms with Crippen molar-refractivity contribution in [1.82, 2.24) is 20.2 Å². The van der Waals surface area contributed by atoms with Crippen molar-refractivity contribution >= 4 is 21.6 Å². The fourth-order valence-corrected chi connectivity index (χ4v) is 2.73. The van der Waals surface area contributed by atoms with Gasteiger partial charge in [0.25, 0.3) is 0 Å². The summed E-state index contributed by atoms with van der Waals surface area (Å²) in [6.45, 7) is 4.00. The minimum Gasteiger partial charge on any atom is -0.398 e. The van der Waals surface area contributed by atoms with Gasteiger partial charge in [0.15, 0.2) is 5.82 Å². The van der Waals surface area contributed by atoms with E-state index < -0.39 is 0 Å². The molecule has 2 N–H and O–H groups in total. The number of rotatable bonds is 2. The lowest BCUT2D eigenvalue weighted by Crippen LogP contribution is -2.03. The summed E-state index contributed by atoms with van der Waals surface area (Å²) < 4.78 is 2.64. The Labute approximate surface area is 130 Å². The van der Waals surface area contributed by atoms with Gasteiger partial charge in [0, 0.05) is 15.7 Å². The Morgan fingerprint density at radius 2 is 1.90 bits per heavy atom. The summed E-state index contributed by atoms with van der Waals surface area (Å²) in [6.07, 6.45) is 0. The third-order valence-electron chi connectivity index (χ3n) is 3.47. The Morgan fingerprint density at radius 1 is 1.14 bits per heavy atom. The molecule has 0 aliphatic carbocycles. The van der Waals surface area contributed by atoms with Gasteiger partial charge in [-0.2, -0.15) is 4.68 Å². The second-order valence-electron chi connectivity index (χ2n) is 4.87. The van der Waals surface area contributed by atoms with Crippen LogP contribution in [0.3, 0.4) is 0 Å². The summed E-state index contributed by atoms with van der Waals surface area (Å²) in [4.78, 5) is 0. The number of nitrogens with zero attached hydrogens (tertiary/aromatic N) is 4. The molecule has 1 aromatic heterocycles. The van der Waals surface area contributed by atoms with Gasteiger partial charge in [-0.15, -0.1) is 5.10 Å². The van der Waals surface area contributed by atoms with Crippen molar-refractivity contribution in [2.24, 2.45) is 0 Å². The Hall–Kier alpha value is -2.21. The topological polar surface area (TPSA) is 69.6 Å². The number of aryl methyl sites for hydroxylation is 1. The van der Waals surface area contributed by atoms with Crippen molar-refractivity contribution in [2.45, 2.75) is 13.8 Å². The molecule has 0 unspecified atom stereocenters. The lowest BCUT2D eigenvalue weighted by molar-refractivity contribution is 0.787. The quantitative estimate of drug-likeness (QED) is 0.725. The lowest BCUT2D eigenvalue weighted by atomic mass is 10.1. The lowest BCUT2D eigenvalue weighted by Gasteiger charge is -2.11. The summed E-state index contributed by atoms with van der Waals surface area (Å²) in [5.41, 5.74) is 10.7. The first-order chi connectivity index (χ1) is 10.1. The summed E-state index contributed by atoms with van der Waals surface area (Å²) in [7, 11) is 0. The zero-order valence-electron chi connectivity index (χ0n) is 11.7. The Balaban J connectivity index is 2.23. The number of benzene rings is 2. The van der Waals surface area contributed by atoms with Crippen molar-refractivity contribution in [3.8, 4) is 17.1 Å². The standard InChI is InChI=1S/C15H14BrN5/c1-9-5-3-4-6-14(9)21-15(18-19-20-21)12-7-11(16)8-13(17)10(12)2/h3-8H,17H2,1-2H3. The van der Waals surface area contributed by atoms with Crippen LogP contribution in [-0.2, 0) is 0 Å². The van der Waals surface area contributed by atoms with Crippen LogP contribution in [0.5, 0.6) is 0 Å². The van der Waals surface area contributed by atoms with E-state index >= 15 is 0 Å². The van der Waals surface area contributed by atoms with E-state index in [1.165, 1.54) is 0 Å². The fourth-order valence-electron chi connectivity index (χ4n) is 2.25. The number of anilines is 1. The van der Waals surface area contributed by atoms with Crippen LogP contribution in [0.1, 0.15) is 11.1 Å². The molecule has 1 heterocycles. The largest absolute Gasteiger partial charge is 0.398 e. The fraction of sp³-hybridized carbons (Fsp3) is 0.133. The number of nitrogen functional groups attached to an aromatic ring is 1. The monoisotopic (exact) mass is 343 g/mol. The van der Waals surface area contributed by atoms with Gasteiger partial charge in [0.05, 0.1) is 5.69 Å². The number of aromatic nitrogens is 4. The zero-order valence-corrected chi connectivity index (χ0v) is 13.3. The van der Waals surface area contributed by atoms with E-state index in [0.29, 0.717) is 11.5 Å². The van der Waals surface area contributed by atoms with Crippen molar-refractivity contribution in [3.05, 3.63) is 52.0 Å². The molecule has 106 valence electrons. The van der Waals surface area contributed by atoms with Crippen LogP contribution in [0, 0.1) is 13.8 Å². The van der Waals surface area contributed by atoms with Crippen molar-refractivity contribution in [2.75, 3.05) is 5.73 Å². The first-order valence-electron chi connectivity index (χ1n) is 6.48. The third-order valence-corrected chi connectivity index (χ3v) is 3.92. The molecular formula is C15H14BrN5. The van der Waals surface area contributed by atoms with Crippen LogP contribution < -0.4 is 5.73 Å². The maximum absolute atomic E-state index is 6.04. The van der Waals surface area contributed by atoms with Crippen molar-refractivity contribution in [1.29, 1.82) is 0 Å². The number of halogens is 1. The first-order valence-corrected chi connectivity index (χ1v) is 7.27. The molecule has 0 fully saturated rings. The third kappa shape index (κ3) is 2.42. The van der Waals surface area contributed by atoms with Gasteiger partial charge in [-0.25, -0.2) is 0 Å². The van der Waals surface area contributed by atoms with Crippen LogP contribution >= 0.6 is 15.9 Å². The molecule has 0 aliphatic rings. The predicted octanol–water partition coefficient (Wildman–Crippen LogP) is 3.29. The molecule has 2 aromatic carbocycles. The van der Waals surface area contributed by atoms with Crippen LogP contribution in [0.25, 0.3) is 17.1 Å². The molecule has 0 radical (unpaired) electrons. The molecule has 0 saturated heterocycles. The molecule has 0 bridgehead atoms. The zero-order chi connectivity index (χ0) is 15.0. The molecule has 6 heteroatoms. The molecule has 0 aliphatic heterocycles. The number of hydrogen-bond acceptors (Lipinski definition) is 4. The average Bonchev–Trinajstić information content (AvgIpc) is 2.92. The highest BCUT2D eigenvalue weighted by atomic mass is 79.9. The van der Waals surface area contributed by atoms with Crippen LogP contribution in [0.15, 0.2) is 40.9 Å². The highest BCUT2D eigenvalue weighted by Gasteiger charge is 2.16. The molecule has 21 heavy (non-hydrogen) atoms. The van der Waals surface area contributed by atoms with Gasteiger partial charge in [-0.3, -0.25) is 0 Å². The molecule has 3 rings (SSSR count). The first kappa shape index (κ1) is 13.8. The molecule has 0 amide bonds. The summed E-state index contributed by atoms with van der Waals surface area (Å²) in [5, 5.41) is 12.1. The van der Waals surface area contributed by atoms with E-state index in [0.717, 1.165) is 26.9 Å². The summed E-state index contributed by atoms with van der Waals surface area (Å²) >= 11 is 3.47. The number of hydrogen-bond donors (Lipinski definition) is 1. The van der Waals surface area contributed by atoms with E-state index in [-0.39, 0.29) is 0 Å². The molecule has 0 atom stereocenters. The molecule has 0 spiro atoms. The second-order valence-corrected chi connectivity index (χ2v) is 5.78. The van der Waals surface area contributed by atoms with E-state index in [9.17, 15) is 0 Å². The molecule has 5 nitrogen and oxygen atoms in total. The maximum Gasteiger partial charge on any atom is 0.187 e. The van der Waals surface area contributed by atoms with Gasteiger partial charge in [0.1, 0.15) is 0 Å². The van der Waals surface area contributed by atoms with Crippen molar-refractivity contribution < 1.29 is 0 Å². The molecular weight excluding hydrogens is 330 g/mol. The summed E-state index contributed by atoms with van der Waals surface area (Å²) in [5.74, 6) is 0.676. The Morgan fingerprint density at radius 3 is 2.67 bits per heavy atom. The average molecular weight is 344 g/mol. The SMILES string of the molecule is Cc1ccccc1-n1nnnc1-c1cc(Br)cc(N)c1C. The second kappa shape index (κ2) is 5.29.